The lowest BCUT2D eigenvalue weighted by atomic mass is 10.0. The van der Waals surface area contributed by atoms with Crippen LogP contribution >= 0.6 is 0 Å². The van der Waals surface area contributed by atoms with Gasteiger partial charge in [-0.1, -0.05) is 30.3 Å². The average Bonchev–Trinajstić information content (AvgIpc) is 2.75. The molecule has 1 aliphatic rings. The van der Waals surface area contributed by atoms with E-state index < -0.39 is 0 Å². The summed E-state index contributed by atoms with van der Waals surface area (Å²) in [6.45, 7) is 7.60. The van der Waals surface area contributed by atoms with Gasteiger partial charge in [0.2, 0.25) is 0 Å². The van der Waals surface area contributed by atoms with Crippen LogP contribution in [0.4, 0.5) is 0 Å². The zero-order valence-corrected chi connectivity index (χ0v) is 11.0. The molecule has 3 heteroatoms. The molecule has 0 aromatic heterocycles. The summed E-state index contributed by atoms with van der Waals surface area (Å²) in [4.78, 5) is 0. The average molecular weight is 233 g/mol. The van der Waals surface area contributed by atoms with E-state index in [0.29, 0.717) is 12.1 Å². The second kappa shape index (κ2) is 5.17. The molecule has 1 aromatic rings. The fourth-order valence-electron chi connectivity index (χ4n) is 2.09. The Morgan fingerprint density at radius 3 is 2.53 bits per heavy atom. The van der Waals surface area contributed by atoms with E-state index in [1.165, 1.54) is 5.56 Å². The van der Waals surface area contributed by atoms with Gasteiger partial charge >= 0.3 is 0 Å². The Labute approximate surface area is 104 Å². The van der Waals surface area contributed by atoms with Crippen molar-refractivity contribution in [1.82, 2.24) is 16.2 Å². The predicted octanol–water partition coefficient (Wildman–Crippen LogP) is 1.98. The lowest BCUT2D eigenvalue weighted by molar-refractivity contribution is 0.389. The van der Waals surface area contributed by atoms with E-state index in [-0.39, 0.29) is 5.54 Å². The van der Waals surface area contributed by atoms with Gasteiger partial charge in [0.05, 0.1) is 0 Å². The van der Waals surface area contributed by atoms with Gasteiger partial charge in [0.25, 0.3) is 0 Å². The molecule has 0 spiro atoms. The number of hydrazine groups is 1. The third-order valence-corrected chi connectivity index (χ3v) is 3.06. The van der Waals surface area contributed by atoms with Gasteiger partial charge in [-0.05, 0) is 32.8 Å². The minimum absolute atomic E-state index is 0.187. The van der Waals surface area contributed by atoms with Crippen LogP contribution in [0.2, 0.25) is 0 Å². The molecule has 1 aliphatic heterocycles. The number of nitrogens with one attached hydrogen (secondary N) is 3. The van der Waals surface area contributed by atoms with Crippen LogP contribution in [0.1, 0.15) is 38.8 Å². The molecule has 2 unspecified atom stereocenters. The predicted molar refractivity (Wildman–Crippen MR) is 71.6 cm³/mol. The molecule has 1 heterocycles. The molecule has 1 aromatic carbocycles. The van der Waals surface area contributed by atoms with Crippen molar-refractivity contribution < 1.29 is 0 Å². The Kier molecular flexibility index (Phi) is 3.82. The van der Waals surface area contributed by atoms with Crippen molar-refractivity contribution in [3.8, 4) is 0 Å². The van der Waals surface area contributed by atoms with Gasteiger partial charge in [-0.2, -0.15) is 0 Å². The number of rotatable bonds is 3. The zero-order chi connectivity index (χ0) is 12.3. The van der Waals surface area contributed by atoms with Crippen molar-refractivity contribution in [3.63, 3.8) is 0 Å². The van der Waals surface area contributed by atoms with Gasteiger partial charge in [-0.25, -0.2) is 5.43 Å². The summed E-state index contributed by atoms with van der Waals surface area (Å²) in [5.74, 6) is 0. The molecule has 94 valence electrons. The first-order chi connectivity index (χ1) is 8.04. The van der Waals surface area contributed by atoms with Crippen LogP contribution in [-0.2, 0) is 0 Å². The van der Waals surface area contributed by atoms with Gasteiger partial charge in [0.15, 0.2) is 0 Å². The van der Waals surface area contributed by atoms with Crippen molar-refractivity contribution in [2.45, 2.75) is 44.8 Å². The fourth-order valence-corrected chi connectivity index (χ4v) is 2.09. The Bertz CT molecular complexity index is 342. The van der Waals surface area contributed by atoms with E-state index in [2.05, 4.69) is 67.3 Å². The first-order valence-corrected chi connectivity index (χ1v) is 6.36. The van der Waals surface area contributed by atoms with Crippen molar-refractivity contribution in [2.24, 2.45) is 0 Å². The number of hydrogen-bond donors (Lipinski definition) is 3. The molecule has 2 atom stereocenters. The van der Waals surface area contributed by atoms with Crippen LogP contribution in [0.15, 0.2) is 30.3 Å². The van der Waals surface area contributed by atoms with Crippen molar-refractivity contribution in [3.05, 3.63) is 35.9 Å². The standard InChI is InChI=1S/C14H23N3/c1-14(2,3)15-10-12-9-13(17-16-12)11-7-5-4-6-8-11/h4-8,12-13,15-17H,9-10H2,1-3H3. The highest BCUT2D eigenvalue weighted by Crippen LogP contribution is 2.21. The van der Waals surface area contributed by atoms with Crippen molar-refractivity contribution in [1.29, 1.82) is 0 Å². The first kappa shape index (κ1) is 12.6. The Morgan fingerprint density at radius 2 is 1.88 bits per heavy atom. The largest absolute Gasteiger partial charge is 0.310 e. The molecule has 17 heavy (non-hydrogen) atoms. The molecular formula is C14H23N3. The molecule has 1 saturated heterocycles. The summed E-state index contributed by atoms with van der Waals surface area (Å²) >= 11 is 0. The van der Waals surface area contributed by atoms with Crippen LogP contribution < -0.4 is 16.2 Å². The molecule has 2 rings (SSSR count). The number of benzene rings is 1. The lowest BCUT2D eigenvalue weighted by Crippen LogP contribution is -2.45. The summed E-state index contributed by atoms with van der Waals surface area (Å²) in [7, 11) is 0. The molecule has 0 radical (unpaired) electrons. The van der Waals surface area contributed by atoms with Crippen molar-refractivity contribution in [2.75, 3.05) is 6.54 Å². The third kappa shape index (κ3) is 3.80. The van der Waals surface area contributed by atoms with Gasteiger partial charge in [-0.3, -0.25) is 5.43 Å². The quantitative estimate of drug-likeness (QED) is 0.747. The highest BCUT2D eigenvalue weighted by molar-refractivity contribution is 5.19. The van der Waals surface area contributed by atoms with Crippen LogP contribution in [0, 0.1) is 0 Å². The molecular weight excluding hydrogens is 210 g/mol. The topological polar surface area (TPSA) is 36.1 Å². The Morgan fingerprint density at radius 1 is 1.18 bits per heavy atom. The minimum atomic E-state index is 0.187. The van der Waals surface area contributed by atoms with E-state index in [9.17, 15) is 0 Å². The minimum Gasteiger partial charge on any atom is -0.310 e. The summed E-state index contributed by atoms with van der Waals surface area (Å²) in [6.07, 6.45) is 1.13. The van der Waals surface area contributed by atoms with Gasteiger partial charge in [0, 0.05) is 24.2 Å². The smallest absolute Gasteiger partial charge is 0.0478 e. The highest BCUT2D eigenvalue weighted by atomic mass is 15.4. The van der Waals surface area contributed by atoms with Crippen LogP contribution in [0.25, 0.3) is 0 Å². The molecule has 0 amide bonds. The summed E-state index contributed by atoms with van der Waals surface area (Å²) in [6, 6.07) is 11.5. The maximum atomic E-state index is 3.53. The van der Waals surface area contributed by atoms with E-state index in [1.54, 1.807) is 0 Å². The summed E-state index contributed by atoms with van der Waals surface area (Å²) in [5, 5.41) is 3.53. The zero-order valence-electron chi connectivity index (χ0n) is 11.0. The molecule has 1 fully saturated rings. The molecule has 0 aliphatic carbocycles. The van der Waals surface area contributed by atoms with Crippen molar-refractivity contribution >= 4 is 0 Å². The second-order valence-corrected chi connectivity index (χ2v) is 5.82. The van der Waals surface area contributed by atoms with E-state index in [4.69, 9.17) is 0 Å². The molecule has 3 N–H and O–H groups in total. The van der Waals surface area contributed by atoms with E-state index in [1.807, 2.05) is 0 Å². The van der Waals surface area contributed by atoms with E-state index in [0.717, 1.165) is 13.0 Å². The SMILES string of the molecule is CC(C)(C)NCC1CC(c2ccccc2)NN1. The summed E-state index contributed by atoms with van der Waals surface area (Å²) in [5.41, 5.74) is 8.28. The normalized spacial score (nSPS) is 25.1. The van der Waals surface area contributed by atoms with Gasteiger partial charge in [0.1, 0.15) is 0 Å². The Hall–Kier alpha value is -0.900. The Balaban J connectivity index is 1.84. The second-order valence-electron chi connectivity index (χ2n) is 5.82. The maximum Gasteiger partial charge on any atom is 0.0478 e. The first-order valence-electron chi connectivity index (χ1n) is 6.36. The monoisotopic (exact) mass is 233 g/mol. The molecule has 0 bridgehead atoms. The van der Waals surface area contributed by atoms with Gasteiger partial charge < -0.3 is 5.32 Å². The lowest BCUT2D eigenvalue weighted by Gasteiger charge is -2.22. The third-order valence-electron chi connectivity index (χ3n) is 3.06. The highest BCUT2D eigenvalue weighted by Gasteiger charge is 2.25. The molecule has 0 saturated carbocycles. The number of hydrogen-bond acceptors (Lipinski definition) is 3. The fraction of sp³-hybridized carbons (Fsp3) is 0.571. The maximum absolute atomic E-state index is 3.53. The van der Waals surface area contributed by atoms with Crippen LogP contribution in [0.3, 0.4) is 0 Å². The van der Waals surface area contributed by atoms with Crippen LogP contribution in [0.5, 0.6) is 0 Å². The van der Waals surface area contributed by atoms with E-state index >= 15 is 0 Å². The molecule has 3 nitrogen and oxygen atoms in total. The van der Waals surface area contributed by atoms with Crippen LogP contribution in [-0.4, -0.2) is 18.1 Å². The summed E-state index contributed by atoms with van der Waals surface area (Å²) < 4.78 is 0. The van der Waals surface area contributed by atoms with Gasteiger partial charge in [-0.15, -0.1) is 0 Å².